The van der Waals surface area contributed by atoms with E-state index in [2.05, 4.69) is 12.2 Å². The fourth-order valence-electron chi connectivity index (χ4n) is 3.30. The van der Waals surface area contributed by atoms with Crippen molar-refractivity contribution in [2.75, 3.05) is 19.8 Å². The first-order valence-electron chi connectivity index (χ1n) is 7.69. The number of halogens is 1. The minimum atomic E-state index is -0.145. The molecule has 21 heavy (non-hydrogen) atoms. The molecule has 1 aromatic heterocycles. The lowest BCUT2D eigenvalue weighted by Crippen LogP contribution is -2.28. The Labute approximate surface area is 125 Å². The minimum absolute atomic E-state index is 0.145. The van der Waals surface area contributed by atoms with Crippen LogP contribution in [-0.2, 0) is 18.3 Å². The van der Waals surface area contributed by atoms with Gasteiger partial charge in [-0.3, -0.25) is 0 Å². The average Bonchev–Trinajstić information content (AvgIpc) is 2.74. The molecule has 1 fully saturated rings. The Hall–Kier alpha value is -1.39. The first kappa shape index (κ1) is 14.5. The van der Waals surface area contributed by atoms with Crippen LogP contribution in [0.25, 0.3) is 10.9 Å². The van der Waals surface area contributed by atoms with Crippen molar-refractivity contribution < 1.29 is 9.13 Å². The molecule has 2 heterocycles. The van der Waals surface area contributed by atoms with Gasteiger partial charge in [-0.15, -0.1) is 0 Å². The third-order valence-corrected chi connectivity index (χ3v) is 4.63. The van der Waals surface area contributed by atoms with E-state index in [1.54, 1.807) is 6.07 Å². The highest BCUT2D eigenvalue weighted by Gasteiger charge is 2.16. The van der Waals surface area contributed by atoms with Crippen LogP contribution in [0.2, 0.25) is 0 Å². The second-order valence-electron chi connectivity index (χ2n) is 5.95. The van der Waals surface area contributed by atoms with Crippen LogP contribution in [0.4, 0.5) is 4.39 Å². The average molecular weight is 290 g/mol. The standard InChI is InChI=1S/C17H23FN2O/c1-12-14-4-3-5-15(18)17(14)20(2)16(12)11-19-10-13-6-8-21-9-7-13/h3-5,13,19H,6-11H2,1-2H3. The number of rotatable bonds is 4. The van der Waals surface area contributed by atoms with Gasteiger partial charge < -0.3 is 14.6 Å². The first-order valence-corrected chi connectivity index (χ1v) is 7.69. The van der Waals surface area contributed by atoms with Gasteiger partial charge in [0.25, 0.3) is 0 Å². The van der Waals surface area contributed by atoms with E-state index in [-0.39, 0.29) is 5.82 Å². The molecule has 4 heteroatoms. The molecular formula is C17H23FN2O. The molecule has 1 aliphatic rings. The van der Waals surface area contributed by atoms with Crippen LogP contribution < -0.4 is 5.32 Å². The molecule has 114 valence electrons. The van der Waals surface area contributed by atoms with Gasteiger partial charge in [0.1, 0.15) is 5.82 Å². The number of hydrogen-bond acceptors (Lipinski definition) is 2. The largest absolute Gasteiger partial charge is 0.381 e. The van der Waals surface area contributed by atoms with Crippen molar-refractivity contribution in [3.63, 3.8) is 0 Å². The molecule has 1 saturated heterocycles. The Morgan fingerprint density at radius 1 is 1.33 bits per heavy atom. The lowest BCUT2D eigenvalue weighted by Gasteiger charge is -2.22. The van der Waals surface area contributed by atoms with Gasteiger partial charge in [-0.05, 0) is 43.9 Å². The summed E-state index contributed by atoms with van der Waals surface area (Å²) in [6.45, 7) is 5.63. The highest BCUT2D eigenvalue weighted by Crippen LogP contribution is 2.26. The summed E-state index contributed by atoms with van der Waals surface area (Å²) in [5, 5.41) is 4.55. The summed E-state index contributed by atoms with van der Waals surface area (Å²) >= 11 is 0. The fourth-order valence-corrected chi connectivity index (χ4v) is 3.30. The van der Waals surface area contributed by atoms with Gasteiger partial charge in [-0.1, -0.05) is 12.1 Å². The smallest absolute Gasteiger partial charge is 0.147 e. The van der Waals surface area contributed by atoms with E-state index < -0.39 is 0 Å². The lowest BCUT2D eigenvalue weighted by atomic mass is 10.0. The molecule has 0 radical (unpaired) electrons. The number of nitrogens with one attached hydrogen (secondary N) is 1. The Morgan fingerprint density at radius 3 is 2.81 bits per heavy atom. The van der Waals surface area contributed by atoms with Gasteiger partial charge in [0, 0.05) is 37.9 Å². The summed E-state index contributed by atoms with van der Waals surface area (Å²) in [5.41, 5.74) is 3.05. The number of aromatic nitrogens is 1. The molecule has 2 aromatic rings. The van der Waals surface area contributed by atoms with E-state index in [0.717, 1.165) is 44.5 Å². The molecule has 0 amide bonds. The van der Waals surface area contributed by atoms with Crippen molar-refractivity contribution in [1.82, 2.24) is 9.88 Å². The molecule has 0 saturated carbocycles. The summed E-state index contributed by atoms with van der Waals surface area (Å²) in [4.78, 5) is 0. The molecule has 0 spiro atoms. The molecule has 3 rings (SSSR count). The normalized spacial score (nSPS) is 16.7. The molecule has 0 unspecified atom stereocenters. The van der Waals surface area contributed by atoms with Crippen molar-refractivity contribution >= 4 is 10.9 Å². The number of para-hydroxylation sites is 1. The maximum atomic E-state index is 14.0. The van der Waals surface area contributed by atoms with Crippen LogP contribution in [0.1, 0.15) is 24.1 Å². The van der Waals surface area contributed by atoms with Crippen LogP contribution in [0.3, 0.4) is 0 Å². The topological polar surface area (TPSA) is 26.2 Å². The molecular weight excluding hydrogens is 267 g/mol. The van der Waals surface area contributed by atoms with Crippen molar-refractivity contribution in [2.45, 2.75) is 26.3 Å². The Balaban J connectivity index is 1.73. The quantitative estimate of drug-likeness (QED) is 0.936. The Morgan fingerprint density at radius 2 is 2.10 bits per heavy atom. The van der Waals surface area contributed by atoms with Gasteiger partial charge in [0.05, 0.1) is 5.52 Å². The SMILES string of the molecule is Cc1c(CNCC2CCOCC2)n(C)c2c(F)cccc12. The van der Waals surface area contributed by atoms with Gasteiger partial charge in [0.2, 0.25) is 0 Å². The van der Waals surface area contributed by atoms with E-state index in [4.69, 9.17) is 4.74 Å². The number of aryl methyl sites for hydroxylation is 2. The van der Waals surface area contributed by atoms with E-state index in [9.17, 15) is 4.39 Å². The van der Waals surface area contributed by atoms with E-state index in [1.807, 2.05) is 17.7 Å². The third kappa shape index (κ3) is 2.83. The van der Waals surface area contributed by atoms with Crippen LogP contribution in [0.5, 0.6) is 0 Å². The first-order chi connectivity index (χ1) is 10.2. The number of fused-ring (bicyclic) bond motifs is 1. The maximum absolute atomic E-state index is 14.0. The van der Waals surface area contributed by atoms with Crippen LogP contribution in [0, 0.1) is 18.7 Å². The molecule has 1 aromatic carbocycles. The predicted octanol–water partition coefficient (Wildman–Crippen LogP) is 3.14. The van der Waals surface area contributed by atoms with E-state index >= 15 is 0 Å². The predicted molar refractivity (Wildman–Crippen MR) is 82.9 cm³/mol. The van der Waals surface area contributed by atoms with Crippen molar-refractivity contribution in [3.05, 3.63) is 35.3 Å². The summed E-state index contributed by atoms with van der Waals surface area (Å²) in [6, 6.07) is 5.31. The minimum Gasteiger partial charge on any atom is -0.381 e. The van der Waals surface area contributed by atoms with Gasteiger partial charge >= 0.3 is 0 Å². The number of benzene rings is 1. The molecule has 0 bridgehead atoms. The zero-order chi connectivity index (χ0) is 14.8. The second kappa shape index (κ2) is 6.16. The summed E-state index contributed by atoms with van der Waals surface area (Å²) in [6.07, 6.45) is 2.27. The van der Waals surface area contributed by atoms with Crippen molar-refractivity contribution in [1.29, 1.82) is 0 Å². The maximum Gasteiger partial charge on any atom is 0.147 e. The molecule has 1 N–H and O–H groups in total. The number of nitrogens with zero attached hydrogens (tertiary/aromatic N) is 1. The summed E-state index contributed by atoms with van der Waals surface area (Å²) < 4.78 is 21.4. The zero-order valence-corrected chi connectivity index (χ0v) is 12.8. The van der Waals surface area contributed by atoms with Gasteiger partial charge in [-0.2, -0.15) is 0 Å². The summed E-state index contributed by atoms with van der Waals surface area (Å²) in [7, 11) is 1.95. The molecule has 0 atom stereocenters. The number of hydrogen-bond donors (Lipinski definition) is 1. The highest BCUT2D eigenvalue weighted by atomic mass is 19.1. The summed E-state index contributed by atoms with van der Waals surface area (Å²) in [5.74, 6) is 0.555. The highest BCUT2D eigenvalue weighted by molar-refractivity contribution is 5.85. The lowest BCUT2D eigenvalue weighted by molar-refractivity contribution is 0.0662. The van der Waals surface area contributed by atoms with E-state index in [1.165, 1.54) is 17.3 Å². The van der Waals surface area contributed by atoms with Crippen molar-refractivity contribution in [3.8, 4) is 0 Å². The second-order valence-corrected chi connectivity index (χ2v) is 5.95. The molecule has 1 aliphatic heterocycles. The Kier molecular flexibility index (Phi) is 4.27. The Bertz CT molecular complexity index is 629. The van der Waals surface area contributed by atoms with E-state index in [0.29, 0.717) is 11.4 Å². The van der Waals surface area contributed by atoms with Crippen molar-refractivity contribution in [2.24, 2.45) is 13.0 Å². The fraction of sp³-hybridized carbons (Fsp3) is 0.529. The monoisotopic (exact) mass is 290 g/mol. The third-order valence-electron chi connectivity index (χ3n) is 4.63. The zero-order valence-electron chi connectivity index (χ0n) is 12.8. The van der Waals surface area contributed by atoms with Crippen LogP contribution >= 0.6 is 0 Å². The molecule has 3 nitrogen and oxygen atoms in total. The van der Waals surface area contributed by atoms with Gasteiger partial charge in [-0.25, -0.2) is 4.39 Å². The number of ether oxygens (including phenoxy) is 1. The van der Waals surface area contributed by atoms with Crippen LogP contribution in [0.15, 0.2) is 18.2 Å². The van der Waals surface area contributed by atoms with Gasteiger partial charge in [0.15, 0.2) is 0 Å². The van der Waals surface area contributed by atoms with Crippen LogP contribution in [-0.4, -0.2) is 24.3 Å². The molecule has 0 aliphatic carbocycles.